The quantitative estimate of drug-likeness (QED) is 0.758. The van der Waals surface area contributed by atoms with Crippen molar-refractivity contribution < 1.29 is 36.2 Å². The van der Waals surface area contributed by atoms with Crippen LogP contribution in [0.15, 0.2) is 41.3 Å². The largest absolute Gasteiger partial charge is 0.479 e. The first-order chi connectivity index (χ1) is 12.9. The van der Waals surface area contributed by atoms with Crippen LogP contribution >= 0.6 is 0 Å². The number of sulfone groups is 1. The molecule has 1 N–H and O–H groups in total. The van der Waals surface area contributed by atoms with Gasteiger partial charge < -0.3 is 9.84 Å². The van der Waals surface area contributed by atoms with Crippen LogP contribution in [-0.2, 0) is 20.8 Å². The highest BCUT2D eigenvalue weighted by Gasteiger charge is 2.38. The molecule has 0 heterocycles. The molecule has 2 rings (SSSR count). The number of ether oxygens (including phenoxy) is 1. The van der Waals surface area contributed by atoms with E-state index in [1.807, 2.05) is 0 Å². The van der Waals surface area contributed by atoms with Crippen molar-refractivity contribution in [1.82, 2.24) is 0 Å². The molecular weight excluding hydrogens is 397 g/mol. The highest BCUT2D eigenvalue weighted by Crippen LogP contribution is 2.42. The Bertz CT molecular complexity index is 997. The Morgan fingerprint density at radius 1 is 1.18 bits per heavy atom. The lowest BCUT2D eigenvalue weighted by Crippen LogP contribution is -2.24. The van der Waals surface area contributed by atoms with Crippen molar-refractivity contribution in [1.29, 1.82) is 0 Å². The summed E-state index contributed by atoms with van der Waals surface area (Å²) in [6.07, 6.45) is -6.32. The minimum Gasteiger partial charge on any atom is -0.479 e. The number of carboxylic acid groups (broad SMARTS) is 1. The maximum atomic E-state index is 13.6. The van der Waals surface area contributed by atoms with Crippen molar-refractivity contribution in [2.24, 2.45) is 0 Å². The SMILES string of the molecule is CCS(=O)(=O)c1cc(O[C@@H](C)C(=O)O)c(-c2ccccc2C)cc1C(F)(F)F. The number of hydrogen-bond acceptors (Lipinski definition) is 4. The van der Waals surface area contributed by atoms with E-state index in [1.165, 1.54) is 13.8 Å². The van der Waals surface area contributed by atoms with E-state index >= 15 is 0 Å². The number of benzene rings is 2. The molecule has 0 saturated carbocycles. The lowest BCUT2D eigenvalue weighted by Gasteiger charge is -2.20. The molecule has 28 heavy (non-hydrogen) atoms. The molecule has 9 heteroatoms. The van der Waals surface area contributed by atoms with Crippen LogP contribution in [0.4, 0.5) is 13.2 Å². The fraction of sp³-hybridized carbons (Fsp3) is 0.316. The molecule has 0 aromatic heterocycles. The van der Waals surface area contributed by atoms with Gasteiger partial charge in [-0.25, -0.2) is 13.2 Å². The zero-order chi connectivity index (χ0) is 21.3. The van der Waals surface area contributed by atoms with Crippen LogP contribution in [0.5, 0.6) is 5.75 Å². The zero-order valence-corrected chi connectivity index (χ0v) is 16.2. The van der Waals surface area contributed by atoms with Crippen molar-refractivity contribution in [2.45, 2.75) is 37.9 Å². The molecular formula is C19H19F3O5S. The van der Waals surface area contributed by atoms with E-state index in [4.69, 9.17) is 9.84 Å². The number of halogens is 3. The zero-order valence-electron chi connectivity index (χ0n) is 15.4. The van der Waals surface area contributed by atoms with Gasteiger partial charge in [0.05, 0.1) is 16.2 Å². The van der Waals surface area contributed by atoms with Crippen molar-refractivity contribution >= 4 is 15.8 Å². The molecule has 0 amide bonds. The number of rotatable bonds is 6. The molecule has 0 unspecified atom stereocenters. The molecule has 152 valence electrons. The predicted octanol–water partition coefficient (Wildman–Crippen LogP) is 4.33. The van der Waals surface area contributed by atoms with E-state index in [9.17, 15) is 26.4 Å². The van der Waals surface area contributed by atoms with Gasteiger partial charge in [-0.3, -0.25) is 0 Å². The number of aliphatic carboxylic acids is 1. The third-order valence-corrected chi connectivity index (χ3v) is 5.96. The van der Waals surface area contributed by atoms with Crippen LogP contribution in [0.3, 0.4) is 0 Å². The van der Waals surface area contributed by atoms with Crippen LogP contribution in [0, 0.1) is 6.92 Å². The Balaban J connectivity index is 2.89. The molecule has 0 spiro atoms. The molecule has 2 aromatic rings. The van der Waals surface area contributed by atoms with Gasteiger partial charge in [-0.1, -0.05) is 31.2 Å². The van der Waals surface area contributed by atoms with Gasteiger partial charge in [0, 0.05) is 11.6 Å². The van der Waals surface area contributed by atoms with E-state index < -0.39 is 44.3 Å². The predicted molar refractivity (Wildman–Crippen MR) is 97.1 cm³/mol. The average Bonchev–Trinajstić information content (AvgIpc) is 2.61. The minimum absolute atomic E-state index is 0.0337. The standard InChI is InChI=1S/C19H19F3O5S/c1-4-28(25,26)17-10-16(27-12(3)18(23)24)14(9-15(17)19(20,21)22)13-8-6-5-7-11(13)2/h5-10,12H,4H2,1-3H3,(H,23,24)/t12-/m0/s1. The van der Waals surface area contributed by atoms with Crippen molar-refractivity contribution in [2.75, 3.05) is 5.75 Å². The van der Waals surface area contributed by atoms with Crippen molar-refractivity contribution in [3.8, 4) is 16.9 Å². The Labute approximate surface area is 160 Å². The second kappa shape index (κ2) is 7.83. The third kappa shape index (κ3) is 4.46. The molecule has 0 radical (unpaired) electrons. The van der Waals surface area contributed by atoms with Gasteiger partial charge >= 0.3 is 12.1 Å². The lowest BCUT2D eigenvalue weighted by atomic mass is 9.97. The van der Waals surface area contributed by atoms with Gasteiger partial charge in [-0.05, 0) is 31.0 Å². The van der Waals surface area contributed by atoms with E-state index in [-0.39, 0.29) is 11.3 Å². The Kier molecular flexibility index (Phi) is 6.08. The highest BCUT2D eigenvalue weighted by atomic mass is 32.2. The molecule has 0 bridgehead atoms. The maximum absolute atomic E-state index is 13.6. The summed E-state index contributed by atoms with van der Waals surface area (Å²) in [4.78, 5) is 10.2. The molecule has 0 aliphatic rings. The topological polar surface area (TPSA) is 80.7 Å². The molecule has 2 aromatic carbocycles. The average molecular weight is 416 g/mol. The monoisotopic (exact) mass is 416 g/mol. The summed E-state index contributed by atoms with van der Waals surface area (Å²) >= 11 is 0. The second-order valence-corrected chi connectivity index (χ2v) is 8.41. The minimum atomic E-state index is -4.92. The number of aryl methyl sites for hydroxylation is 1. The van der Waals surface area contributed by atoms with Crippen LogP contribution in [0.2, 0.25) is 0 Å². The first kappa shape index (κ1) is 21.7. The Morgan fingerprint density at radius 2 is 1.79 bits per heavy atom. The van der Waals surface area contributed by atoms with Crippen LogP contribution in [0.1, 0.15) is 25.0 Å². The van der Waals surface area contributed by atoms with Gasteiger partial charge in [0.1, 0.15) is 5.75 Å². The number of alkyl halides is 3. The smallest absolute Gasteiger partial charge is 0.417 e. The van der Waals surface area contributed by atoms with E-state index in [0.29, 0.717) is 17.2 Å². The Morgan fingerprint density at radius 3 is 2.29 bits per heavy atom. The third-order valence-electron chi connectivity index (χ3n) is 4.19. The lowest BCUT2D eigenvalue weighted by molar-refractivity contribution is -0.144. The summed E-state index contributed by atoms with van der Waals surface area (Å²) in [6, 6.07) is 8.00. The fourth-order valence-corrected chi connectivity index (χ4v) is 3.73. The highest BCUT2D eigenvalue weighted by molar-refractivity contribution is 7.91. The van der Waals surface area contributed by atoms with Crippen LogP contribution < -0.4 is 4.74 Å². The van der Waals surface area contributed by atoms with Crippen molar-refractivity contribution in [3.63, 3.8) is 0 Å². The van der Waals surface area contributed by atoms with E-state index in [0.717, 1.165) is 6.07 Å². The first-order valence-corrected chi connectivity index (χ1v) is 9.97. The molecule has 0 saturated heterocycles. The second-order valence-electron chi connectivity index (χ2n) is 6.16. The summed E-state index contributed by atoms with van der Waals surface area (Å²) in [7, 11) is -4.25. The fourth-order valence-electron chi connectivity index (χ4n) is 2.62. The number of carbonyl (C=O) groups is 1. The summed E-state index contributed by atoms with van der Waals surface area (Å²) in [5.41, 5.74) is -0.355. The maximum Gasteiger partial charge on any atom is 0.417 e. The van der Waals surface area contributed by atoms with E-state index in [2.05, 4.69) is 0 Å². The molecule has 5 nitrogen and oxygen atoms in total. The van der Waals surface area contributed by atoms with Crippen LogP contribution in [-0.4, -0.2) is 31.4 Å². The summed E-state index contributed by atoms with van der Waals surface area (Å²) in [5.74, 6) is -2.13. The van der Waals surface area contributed by atoms with Gasteiger partial charge in [0.25, 0.3) is 0 Å². The summed E-state index contributed by atoms with van der Waals surface area (Å²) in [6.45, 7) is 4.10. The number of hydrogen-bond donors (Lipinski definition) is 1. The molecule has 0 aliphatic carbocycles. The summed E-state index contributed by atoms with van der Waals surface area (Å²) in [5, 5.41) is 9.10. The van der Waals surface area contributed by atoms with E-state index in [1.54, 1.807) is 31.2 Å². The molecule has 0 aliphatic heterocycles. The van der Waals surface area contributed by atoms with Gasteiger partial charge in [-0.15, -0.1) is 0 Å². The summed E-state index contributed by atoms with van der Waals surface area (Å²) < 4.78 is 70.8. The first-order valence-electron chi connectivity index (χ1n) is 8.32. The van der Waals surface area contributed by atoms with Crippen LogP contribution in [0.25, 0.3) is 11.1 Å². The molecule has 0 fully saturated rings. The Hall–Kier alpha value is -2.55. The van der Waals surface area contributed by atoms with Gasteiger partial charge in [0.15, 0.2) is 15.9 Å². The normalized spacial score (nSPS) is 13.2. The number of carboxylic acids is 1. The molecule has 1 atom stereocenters. The van der Waals surface area contributed by atoms with Crippen molar-refractivity contribution in [3.05, 3.63) is 47.5 Å². The van der Waals surface area contributed by atoms with Gasteiger partial charge in [0.2, 0.25) is 0 Å². The van der Waals surface area contributed by atoms with Gasteiger partial charge in [-0.2, -0.15) is 13.2 Å².